The zero-order chi connectivity index (χ0) is 13.4. The highest BCUT2D eigenvalue weighted by molar-refractivity contribution is 6.29. The summed E-state index contributed by atoms with van der Waals surface area (Å²) in [5.41, 5.74) is 2.18. The van der Waals surface area contributed by atoms with Crippen molar-refractivity contribution in [2.75, 3.05) is 5.32 Å². The largest absolute Gasteiger partial charge is 0.366 e. The van der Waals surface area contributed by atoms with E-state index in [1.807, 2.05) is 24.9 Å². The van der Waals surface area contributed by atoms with Crippen molar-refractivity contribution in [1.82, 2.24) is 19.7 Å². The molecule has 0 unspecified atom stereocenters. The van der Waals surface area contributed by atoms with Crippen LogP contribution in [0.1, 0.15) is 35.8 Å². The Kier molecular flexibility index (Phi) is 3.14. The van der Waals surface area contributed by atoms with Crippen molar-refractivity contribution in [3.05, 3.63) is 34.5 Å². The highest BCUT2D eigenvalue weighted by Crippen LogP contribution is 2.38. The third-order valence-electron chi connectivity index (χ3n) is 3.23. The van der Waals surface area contributed by atoms with Crippen molar-refractivity contribution in [2.24, 2.45) is 7.05 Å². The van der Waals surface area contributed by atoms with Crippen molar-refractivity contribution >= 4 is 17.4 Å². The average molecular weight is 278 g/mol. The lowest BCUT2D eigenvalue weighted by Crippen LogP contribution is -2.04. The minimum absolute atomic E-state index is 0.499. The van der Waals surface area contributed by atoms with E-state index in [0.29, 0.717) is 17.6 Å². The van der Waals surface area contributed by atoms with Crippen LogP contribution in [0.15, 0.2) is 12.3 Å². The van der Waals surface area contributed by atoms with Gasteiger partial charge < -0.3 is 5.32 Å². The number of nitrogens with one attached hydrogen (secondary N) is 1. The second-order valence-corrected chi connectivity index (χ2v) is 5.36. The molecule has 0 radical (unpaired) electrons. The molecule has 0 bridgehead atoms. The SMILES string of the molecule is Cc1nn(C)cc1CNc1cc(Cl)nc(C2CC2)n1. The molecule has 1 aliphatic carbocycles. The van der Waals surface area contributed by atoms with E-state index in [1.165, 1.54) is 12.8 Å². The van der Waals surface area contributed by atoms with Crippen LogP contribution < -0.4 is 5.32 Å². The minimum Gasteiger partial charge on any atom is -0.366 e. The fourth-order valence-corrected chi connectivity index (χ4v) is 2.25. The van der Waals surface area contributed by atoms with Crippen molar-refractivity contribution in [2.45, 2.75) is 32.2 Å². The summed E-state index contributed by atoms with van der Waals surface area (Å²) < 4.78 is 1.81. The molecular formula is C13H16ClN5. The molecule has 2 aromatic heterocycles. The van der Waals surface area contributed by atoms with E-state index in [-0.39, 0.29) is 0 Å². The number of nitrogens with zero attached hydrogens (tertiary/aromatic N) is 4. The Balaban J connectivity index is 1.74. The summed E-state index contributed by atoms with van der Waals surface area (Å²) in [6.45, 7) is 2.69. The van der Waals surface area contributed by atoms with Gasteiger partial charge in [-0.25, -0.2) is 9.97 Å². The van der Waals surface area contributed by atoms with Gasteiger partial charge in [-0.05, 0) is 19.8 Å². The van der Waals surface area contributed by atoms with Crippen LogP contribution in [0.5, 0.6) is 0 Å². The van der Waals surface area contributed by atoms with E-state index in [0.717, 1.165) is 22.9 Å². The lowest BCUT2D eigenvalue weighted by atomic mass is 10.2. The smallest absolute Gasteiger partial charge is 0.135 e. The molecule has 6 heteroatoms. The molecule has 3 rings (SSSR count). The lowest BCUT2D eigenvalue weighted by Gasteiger charge is -2.07. The predicted molar refractivity (Wildman–Crippen MR) is 74.3 cm³/mol. The first kappa shape index (κ1) is 12.4. The van der Waals surface area contributed by atoms with Crippen molar-refractivity contribution < 1.29 is 0 Å². The maximum atomic E-state index is 6.03. The summed E-state index contributed by atoms with van der Waals surface area (Å²) in [6, 6.07) is 1.76. The Morgan fingerprint density at radius 1 is 1.42 bits per heavy atom. The Bertz CT molecular complexity index is 603. The second kappa shape index (κ2) is 4.81. The minimum atomic E-state index is 0.499. The fourth-order valence-electron chi connectivity index (χ4n) is 2.06. The molecule has 19 heavy (non-hydrogen) atoms. The summed E-state index contributed by atoms with van der Waals surface area (Å²) in [5, 5.41) is 8.11. The molecular weight excluding hydrogens is 262 g/mol. The summed E-state index contributed by atoms with van der Waals surface area (Å²) in [7, 11) is 1.92. The van der Waals surface area contributed by atoms with E-state index in [4.69, 9.17) is 11.6 Å². The molecule has 1 saturated carbocycles. The zero-order valence-corrected chi connectivity index (χ0v) is 11.8. The highest BCUT2D eigenvalue weighted by Gasteiger charge is 2.27. The second-order valence-electron chi connectivity index (χ2n) is 4.98. The molecule has 0 amide bonds. The monoisotopic (exact) mass is 277 g/mol. The molecule has 1 aliphatic rings. The number of anilines is 1. The van der Waals surface area contributed by atoms with Gasteiger partial charge in [0.05, 0.1) is 5.69 Å². The summed E-state index contributed by atoms with van der Waals surface area (Å²) in [5.74, 6) is 2.14. The maximum absolute atomic E-state index is 6.03. The number of hydrogen-bond acceptors (Lipinski definition) is 4. The number of hydrogen-bond donors (Lipinski definition) is 1. The third-order valence-corrected chi connectivity index (χ3v) is 3.42. The first-order valence-corrected chi connectivity index (χ1v) is 6.77. The van der Waals surface area contributed by atoms with E-state index in [9.17, 15) is 0 Å². The first-order valence-electron chi connectivity index (χ1n) is 6.39. The Hall–Kier alpha value is -1.62. The summed E-state index contributed by atoms with van der Waals surface area (Å²) in [6.07, 6.45) is 4.34. The molecule has 100 valence electrons. The van der Waals surface area contributed by atoms with Crippen LogP contribution >= 0.6 is 11.6 Å². The zero-order valence-electron chi connectivity index (χ0n) is 11.0. The number of halogens is 1. The molecule has 0 aromatic carbocycles. The van der Waals surface area contributed by atoms with Crippen LogP contribution in [0, 0.1) is 6.92 Å². The summed E-state index contributed by atoms with van der Waals surface area (Å²) >= 11 is 6.03. The topological polar surface area (TPSA) is 55.6 Å². The van der Waals surface area contributed by atoms with Crippen LogP contribution in [-0.4, -0.2) is 19.7 Å². The number of aromatic nitrogens is 4. The number of aryl methyl sites for hydroxylation is 2. The van der Waals surface area contributed by atoms with Crippen LogP contribution in [0.2, 0.25) is 5.15 Å². The molecule has 1 N–H and O–H groups in total. The molecule has 0 aliphatic heterocycles. The van der Waals surface area contributed by atoms with Gasteiger partial charge in [0.2, 0.25) is 0 Å². The first-order chi connectivity index (χ1) is 9.11. The van der Waals surface area contributed by atoms with E-state index < -0.39 is 0 Å². The van der Waals surface area contributed by atoms with Gasteiger partial charge in [0.25, 0.3) is 0 Å². The van der Waals surface area contributed by atoms with Gasteiger partial charge in [-0.1, -0.05) is 11.6 Å². The third kappa shape index (κ3) is 2.87. The van der Waals surface area contributed by atoms with Crippen LogP contribution in [0.4, 0.5) is 5.82 Å². The molecule has 0 spiro atoms. The number of rotatable bonds is 4. The van der Waals surface area contributed by atoms with Crippen LogP contribution in [0.3, 0.4) is 0 Å². The van der Waals surface area contributed by atoms with Gasteiger partial charge in [-0.3, -0.25) is 4.68 Å². The van der Waals surface area contributed by atoms with E-state index in [1.54, 1.807) is 6.07 Å². The van der Waals surface area contributed by atoms with Gasteiger partial charge in [-0.2, -0.15) is 5.10 Å². The van der Waals surface area contributed by atoms with Crippen LogP contribution in [-0.2, 0) is 13.6 Å². The van der Waals surface area contributed by atoms with E-state index in [2.05, 4.69) is 20.4 Å². The Morgan fingerprint density at radius 3 is 2.84 bits per heavy atom. The quantitative estimate of drug-likeness (QED) is 0.873. The summed E-state index contributed by atoms with van der Waals surface area (Å²) in [4.78, 5) is 8.78. The average Bonchev–Trinajstić information content (AvgIpc) is 3.13. The standard InChI is InChI=1S/C13H16ClN5/c1-8-10(7-19(2)18-8)6-15-12-5-11(14)16-13(17-12)9-3-4-9/h5,7,9H,3-4,6H2,1-2H3,(H,15,16,17). The van der Waals surface area contributed by atoms with Gasteiger partial charge in [0.1, 0.15) is 16.8 Å². The highest BCUT2D eigenvalue weighted by atomic mass is 35.5. The van der Waals surface area contributed by atoms with Gasteiger partial charge >= 0.3 is 0 Å². The van der Waals surface area contributed by atoms with Crippen LogP contribution in [0.25, 0.3) is 0 Å². The molecule has 0 atom stereocenters. The van der Waals surface area contributed by atoms with Crippen molar-refractivity contribution in [1.29, 1.82) is 0 Å². The van der Waals surface area contributed by atoms with Crippen molar-refractivity contribution in [3.8, 4) is 0 Å². The lowest BCUT2D eigenvalue weighted by molar-refractivity contribution is 0.756. The Labute approximate surface area is 117 Å². The molecule has 0 saturated heterocycles. The molecule has 1 fully saturated rings. The fraction of sp³-hybridized carbons (Fsp3) is 0.462. The predicted octanol–water partition coefficient (Wildman–Crippen LogP) is 2.66. The normalized spacial score (nSPS) is 14.7. The van der Waals surface area contributed by atoms with E-state index >= 15 is 0 Å². The van der Waals surface area contributed by atoms with Gasteiger partial charge in [0, 0.05) is 37.3 Å². The molecule has 2 aromatic rings. The molecule has 2 heterocycles. The maximum Gasteiger partial charge on any atom is 0.135 e. The van der Waals surface area contributed by atoms with Gasteiger partial charge in [0.15, 0.2) is 0 Å². The Morgan fingerprint density at radius 2 is 2.21 bits per heavy atom. The van der Waals surface area contributed by atoms with Gasteiger partial charge in [-0.15, -0.1) is 0 Å². The molecule has 5 nitrogen and oxygen atoms in total. The van der Waals surface area contributed by atoms with Crippen molar-refractivity contribution in [3.63, 3.8) is 0 Å².